The number of nitrogens with zero attached hydrogens (tertiary/aromatic N) is 3. The SMILES string of the molecule is CC.CC.Cc1cc(-c2nc3ccc(C(N)=NC(C)C)cc3[nH]2)ccc1Cc1ccc(-c2nc3ccc(C(C)C)cc3[nH]2)cc1F.N=CN. The number of rotatable bonds is 7. The number of aliphatic imine (C=N–C) groups is 1. The van der Waals surface area contributed by atoms with E-state index in [4.69, 9.17) is 16.1 Å². The lowest BCUT2D eigenvalue weighted by molar-refractivity contribution is 0.614. The molecule has 6 rings (SSSR count). The van der Waals surface area contributed by atoms with Crippen molar-refractivity contribution < 1.29 is 4.39 Å². The van der Waals surface area contributed by atoms with Crippen molar-refractivity contribution in [3.8, 4) is 22.8 Å². The molecule has 0 radical (unpaired) electrons. The molecule has 0 aliphatic rings. The van der Waals surface area contributed by atoms with Crippen LogP contribution in [-0.4, -0.2) is 38.2 Å². The first kappa shape index (κ1) is 38.1. The molecule has 0 unspecified atom stereocenters. The number of benzene rings is 4. The van der Waals surface area contributed by atoms with Gasteiger partial charge in [-0.05, 0) is 91.4 Å². The number of hydrogen-bond donors (Lipinski definition) is 5. The van der Waals surface area contributed by atoms with Crippen molar-refractivity contribution in [2.45, 2.75) is 80.7 Å². The van der Waals surface area contributed by atoms with Gasteiger partial charge in [-0.2, -0.15) is 0 Å². The van der Waals surface area contributed by atoms with Crippen LogP contribution < -0.4 is 11.5 Å². The summed E-state index contributed by atoms with van der Waals surface area (Å²) in [5.74, 6) is 2.15. The zero-order chi connectivity index (χ0) is 36.2. The Morgan fingerprint density at radius 2 is 1.33 bits per heavy atom. The summed E-state index contributed by atoms with van der Waals surface area (Å²) in [6.45, 7) is 18.4. The highest BCUT2D eigenvalue weighted by molar-refractivity contribution is 6.00. The molecular weight excluding hydrogens is 611 g/mol. The van der Waals surface area contributed by atoms with Crippen molar-refractivity contribution >= 4 is 34.2 Å². The first-order chi connectivity index (χ1) is 23.6. The molecule has 7 N–H and O–H groups in total. The maximum Gasteiger partial charge on any atom is 0.138 e. The lowest BCUT2D eigenvalue weighted by Crippen LogP contribution is -2.15. The molecule has 0 saturated heterocycles. The van der Waals surface area contributed by atoms with E-state index < -0.39 is 0 Å². The summed E-state index contributed by atoms with van der Waals surface area (Å²) < 4.78 is 15.3. The van der Waals surface area contributed by atoms with Crippen LogP contribution in [0.2, 0.25) is 0 Å². The summed E-state index contributed by atoms with van der Waals surface area (Å²) in [6, 6.07) is 23.8. The van der Waals surface area contributed by atoms with Gasteiger partial charge in [-0.3, -0.25) is 10.4 Å². The lowest BCUT2D eigenvalue weighted by Gasteiger charge is -2.10. The summed E-state index contributed by atoms with van der Waals surface area (Å²) >= 11 is 0. The zero-order valence-electron chi connectivity index (χ0n) is 30.2. The highest BCUT2D eigenvalue weighted by Crippen LogP contribution is 2.28. The third-order valence-electron chi connectivity index (χ3n) is 7.67. The third-order valence-corrected chi connectivity index (χ3v) is 7.67. The molecule has 0 saturated carbocycles. The summed E-state index contributed by atoms with van der Waals surface area (Å²) in [5, 5.41) is 5.86. The molecule has 0 atom stereocenters. The number of halogens is 1. The lowest BCUT2D eigenvalue weighted by atomic mass is 9.97. The minimum absolute atomic E-state index is 0.126. The molecule has 0 spiro atoms. The van der Waals surface area contributed by atoms with Crippen LogP contribution in [0.4, 0.5) is 4.39 Å². The largest absolute Gasteiger partial charge is 0.390 e. The average molecular weight is 663 g/mol. The molecule has 2 aromatic heterocycles. The Morgan fingerprint density at radius 3 is 1.86 bits per heavy atom. The number of nitrogens with one attached hydrogen (secondary N) is 3. The van der Waals surface area contributed by atoms with Gasteiger partial charge < -0.3 is 21.4 Å². The van der Waals surface area contributed by atoms with E-state index in [9.17, 15) is 0 Å². The fraction of sp³-hybridized carbons (Fsp3) is 0.300. The Kier molecular flexibility index (Phi) is 13.8. The topological polar surface area (TPSA) is 146 Å². The van der Waals surface area contributed by atoms with E-state index in [1.54, 1.807) is 6.07 Å². The van der Waals surface area contributed by atoms with Gasteiger partial charge in [0.15, 0.2) is 0 Å². The van der Waals surface area contributed by atoms with Crippen LogP contribution in [0.1, 0.15) is 89.1 Å². The van der Waals surface area contributed by atoms with Crippen molar-refractivity contribution in [1.29, 1.82) is 5.41 Å². The number of imidazole rings is 2. The number of amidine groups is 1. The quantitative estimate of drug-likeness (QED) is 0.0856. The van der Waals surface area contributed by atoms with Crippen LogP contribution in [0.15, 0.2) is 77.8 Å². The molecule has 2 heterocycles. The third kappa shape index (κ3) is 9.41. The van der Waals surface area contributed by atoms with Gasteiger partial charge in [0.2, 0.25) is 0 Å². The smallest absolute Gasteiger partial charge is 0.138 e. The number of aromatic nitrogens is 4. The van der Waals surface area contributed by atoms with Gasteiger partial charge in [-0.15, -0.1) is 0 Å². The number of nitrogens with two attached hydrogens (primary N) is 2. The molecule has 0 fully saturated rings. The Bertz CT molecular complexity index is 2020. The highest BCUT2D eigenvalue weighted by atomic mass is 19.1. The van der Waals surface area contributed by atoms with Crippen molar-refractivity contribution in [2.24, 2.45) is 16.5 Å². The Balaban J connectivity index is 0.000000867. The number of aromatic amines is 2. The monoisotopic (exact) mass is 662 g/mol. The van der Waals surface area contributed by atoms with E-state index in [-0.39, 0.29) is 11.9 Å². The second kappa shape index (κ2) is 17.7. The molecule has 49 heavy (non-hydrogen) atoms. The van der Waals surface area contributed by atoms with Crippen LogP contribution in [-0.2, 0) is 6.42 Å². The van der Waals surface area contributed by atoms with E-state index in [0.717, 1.165) is 62.0 Å². The molecule has 4 aromatic carbocycles. The van der Waals surface area contributed by atoms with Gasteiger partial charge in [0.25, 0.3) is 0 Å². The minimum atomic E-state index is -0.243. The first-order valence-corrected chi connectivity index (χ1v) is 17.0. The maximum absolute atomic E-state index is 15.3. The molecule has 0 aliphatic heterocycles. The summed E-state index contributed by atoms with van der Waals surface area (Å²) in [4.78, 5) is 20.7. The number of H-pyrrole nitrogens is 2. The highest BCUT2D eigenvalue weighted by Gasteiger charge is 2.13. The van der Waals surface area contributed by atoms with Gasteiger partial charge in [0.1, 0.15) is 23.3 Å². The molecule has 0 aliphatic carbocycles. The molecule has 0 amide bonds. The summed E-state index contributed by atoms with van der Waals surface area (Å²) in [6.07, 6.45) is 1.24. The van der Waals surface area contributed by atoms with Crippen LogP contribution in [0.3, 0.4) is 0 Å². The summed E-state index contributed by atoms with van der Waals surface area (Å²) in [7, 11) is 0. The minimum Gasteiger partial charge on any atom is -0.390 e. The molecule has 8 nitrogen and oxygen atoms in total. The van der Waals surface area contributed by atoms with E-state index in [1.807, 2.05) is 84.0 Å². The van der Waals surface area contributed by atoms with E-state index in [2.05, 4.69) is 70.7 Å². The van der Waals surface area contributed by atoms with Crippen molar-refractivity contribution in [3.05, 3.63) is 106 Å². The van der Waals surface area contributed by atoms with E-state index in [0.29, 0.717) is 29.6 Å². The standard InChI is InChI=1S/C35H35FN6.2C2H6.CH4N2/c1-19(2)22-10-12-29-31(17-22)41-35(40-29)27-9-7-24(28(36)16-27)15-23-6-8-26(14-21(23)5)34-39-30-13-11-25(18-32(30)42-34)33(37)38-20(3)4;2*1-2;2-1-3/h6-14,16-20H,15H2,1-5H3,(H2,37,38)(H,39,42)(H,40,41);2*1-2H3;1H,(H3,2,3). The zero-order valence-corrected chi connectivity index (χ0v) is 30.2. The summed E-state index contributed by atoms with van der Waals surface area (Å²) in [5.41, 5.74) is 20.8. The van der Waals surface area contributed by atoms with Crippen molar-refractivity contribution in [3.63, 3.8) is 0 Å². The molecule has 0 bridgehead atoms. The molecular formula is C40H51FN8. The fourth-order valence-corrected chi connectivity index (χ4v) is 5.27. The molecule has 6 aromatic rings. The van der Waals surface area contributed by atoms with Crippen LogP contribution in [0.5, 0.6) is 0 Å². The van der Waals surface area contributed by atoms with Gasteiger partial charge in [-0.25, -0.2) is 14.4 Å². The Hall–Kier alpha value is -5.31. The normalized spacial score (nSPS) is 11.1. The van der Waals surface area contributed by atoms with Crippen LogP contribution in [0.25, 0.3) is 44.8 Å². The van der Waals surface area contributed by atoms with E-state index >= 15 is 4.39 Å². The van der Waals surface area contributed by atoms with Crippen LogP contribution >= 0.6 is 0 Å². The van der Waals surface area contributed by atoms with Gasteiger partial charge in [0, 0.05) is 29.2 Å². The van der Waals surface area contributed by atoms with Gasteiger partial charge in [0.05, 0.1) is 28.4 Å². The number of hydrogen-bond acceptors (Lipinski definition) is 4. The van der Waals surface area contributed by atoms with Gasteiger partial charge in [-0.1, -0.05) is 71.9 Å². The second-order valence-corrected chi connectivity index (χ2v) is 11.7. The average Bonchev–Trinajstić information content (AvgIpc) is 3.72. The van der Waals surface area contributed by atoms with E-state index in [1.165, 1.54) is 5.56 Å². The predicted octanol–water partition coefficient (Wildman–Crippen LogP) is 9.65. The number of fused-ring (bicyclic) bond motifs is 2. The molecule has 258 valence electrons. The van der Waals surface area contributed by atoms with Gasteiger partial charge >= 0.3 is 0 Å². The Morgan fingerprint density at radius 1 is 0.796 bits per heavy atom. The fourth-order valence-electron chi connectivity index (χ4n) is 5.27. The van der Waals surface area contributed by atoms with Crippen molar-refractivity contribution in [2.75, 3.05) is 0 Å². The van der Waals surface area contributed by atoms with Crippen molar-refractivity contribution in [1.82, 2.24) is 19.9 Å². The molecule has 9 heteroatoms. The first-order valence-electron chi connectivity index (χ1n) is 17.0. The Labute approximate surface area is 289 Å². The second-order valence-electron chi connectivity index (χ2n) is 11.7. The van der Waals surface area contributed by atoms with Crippen LogP contribution in [0, 0.1) is 18.2 Å². The predicted molar refractivity (Wildman–Crippen MR) is 206 cm³/mol. The number of aryl methyl sites for hydroxylation is 1. The maximum atomic E-state index is 15.3.